The minimum Gasteiger partial charge on any atom is -0.478 e. The van der Waals surface area contributed by atoms with Gasteiger partial charge < -0.3 is 5.11 Å². The summed E-state index contributed by atoms with van der Waals surface area (Å²) in [6.45, 7) is 0. The lowest BCUT2D eigenvalue weighted by Crippen LogP contribution is -2.04. The van der Waals surface area contributed by atoms with Crippen molar-refractivity contribution in [1.82, 2.24) is 9.97 Å². The van der Waals surface area contributed by atoms with E-state index in [0.29, 0.717) is 22.7 Å². The van der Waals surface area contributed by atoms with Gasteiger partial charge in [0.25, 0.3) is 0 Å². The second-order valence-corrected chi connectivity index (χ2v) is 4.04. The molecule has 1 aliphatic rings. The number of hydrogen-bond donors (Lipinski definition) is 1. The molecule has 1 fully saturated rings. The maximum atomic E-state index is 11.1. The van der Waals surface area contributed by atoms with E-state index in [1.807, 2.05) is 12.1 Å². The molecule has 1 N–H and O–H groups in total. The van der Waals surface area contributed by atoms with Crippen LogP contribution >= 0.6 is 0 Å². The van der Waals surface area contributed by atoms with E-state index in [0.717, 1.165) is 18.4 Å². The monoisotopic (exact) mass is 214 g/mol. The predicted molar refractivity (Wildman–Crippen MR) is 58.5 cm³/mol. The van der Waals surface area contributed by atoms with Gasteiger partial charge in [-0.1, -0.05) is 0 Å². The van der Waals surface area contributed by atoms with E-state index in [4.69, 9.17) is 5.11 Å². The molecule has 3 rings (SSSR count). The molecule has 0 saturated heterocycles. The summed E-state index contributed by atoms with van der Waals surface area (Å²) in [6, 6.07) is 5.30. The molecule has 0 radical (unpaired) electrons. The summed E-state index contributed by atoms with van der Waals surface area (Å²) in [5.74, 6) is -0.586. The molecule has 1 aliphatic carbocycles. The second-order valence-electron chi connectivity index (χ2n) is 4.04. The lowest BCUT2D eigenvalue weighted by atomic mass is 10.1. The molecule has 2 heterocycles. The van der Waals surface area contributed by atoms with Crippen LogP contribution in [0.5, 0.6) is 0 Å². The number of carboxylic acid groups (broad SMARTS) is 1. The van der Waals surface area contributed by atoms with Crippen molar-refractivity contribution in [3.8, 4) is 0 Å². The number of aromatic nitrogens is 2. The number of carboxylic acids is 1. The van der Waals surface area contributed by atoms with Gasteiger partial charge in [-0.15, -0.1) is 0 Å². The fourth-order valence-electron chi connectivity index (χ4n) is 1.85. The third kappa shape index (κ3) is 1.43. The van der Waals surface area contributed by atoms with Crippen LogP contribution in [0.1, 0.15) is 34.8 Å². The van der Waals surface area contributed by atoms with Crippen LogP contribution in [0.3, 0.4) is 0 Å². The standard InChI is InChI=1S/C12H10N2O2/c15-12(16)8-6-10-9(2-1-5-13-10)14-11(8)7-3-4-7/h1-2,5-7H,3-4H2,(H,15,16). The van der Waals surface area contributed by atoms with Gasteiger partial charge >= 0.3 is 5.97 Å². The van der Waals surface area contributed by atoms with Gasteiger partial charge in [-0.3, -0.25) is 4.98 Å². The average molecular weight is 214 g/mol. The summed E-state index contributed by atoms with van der Waals surface area (Å²) in [5.41, 5.74) is 2.43. The molecule has 0 amide bonds. The fraction of sp³-hybridized carbons (Fsp3) is 0.250. The van der Waals surface area contributed by atoms with Crippen LogP contribution in [0.25, 0.3) is 11.0 Å². The van der Waals surface area contributed by atoms with Crippen molar-refractivity contribution in [2.24, 2.45) is 0 Å². The molecule has 0 bridgehead atoms. The maximum absolute atomic E-state index is 11.1. The maximum Gasteiger partial charge on any atom is 0.337 e. The molecule has 4 heteroatoms. The first-order valence-electron chi connectivity index (χ1n) is 5.24. The zero-order chi connectivity index (χ0) is 11.1. The van der Waals surface area contributed by atoms with Crippen LogP contribution in [0.2, 0.25) is 0 Å². The molecule has 4 nitrogen and oxygen atoms in total. The van der Waals surface area contributed by atoms with E-state index in [2.05, 4.69) is 9.97 Å². The van der Waals surface area contributed by atoms with Crippen molar-refractivity contribution < 1.29 is 9.90 Å². The van der Waals surface area contributed by atoms with E-state index < -0.39 is 5.97 Å². The van der Waals surface area contributed by atoms with Crippen LogP contribution in [-0.2, 0) is 0 Å². The first kappa shape index (κ1) is 9.27. The Balaban J connectivity index is 2.28. The number of hydrogen-bond acceptors (Lipinski definition) is 3. The number of fused-ring (bicyclic) bond motifs is 1. The smallest absolute Gasteiger partial charge is 0.337 e. The Morgan fingerprint density at radius 3 is 2.88 bits per heavy atom. The molecule has 2 aromatic rings. The molecular formula is C12H10N2O2. The van der Waals surface area contributed by atoms with Crippen LogP contribution in [-0.4, -0.2) is 21.0 Å². The molecule has 0 atom stereocenters. The van der Waals surface area contributed by atoms with E-state index in [1.54, 1.807) is 12.3 Å². The van der Waals surface area contributed by atoms with Gasteiger partial charge in [0, 0.05) is 12.1 Å². The SMILES string of the molecule is O=C(O)c1cc2ncccc2nc1C1CC1. The minimum atomic E-state index is -0.915. The summed E-state index contributed by atoms with van der Waals surface area (Å²) < 4.78 is 0. The first-order chi connectivity index (χ1) is 7.75. The fourth-order valence-corrected chi connectivity index (χ4v) is 1.85. The largest absolute Gasteiger partial charge is 0.478 e. The van der Waals surface area contributed by atoms with Gasteiger partial charge in [0.1, 0.15) is 0 Å². The Hall–Kier alpha value is -1.97. The molecule has 80 valence electrons. The molecule has 0 aromatic carbocycles. The zero-order valence-corrected chi connectivity index (χ0v) is 8.55. The minimum absolute atomic E-state index is 0.300. The normalized spacial score (nSPS) is 15.2. The Kier molecular flexibility index (Phi) is 1.89. The number of pyridine rings is 2. The Morgan fingerprint density at radius 1 is 1.38 bits per heavy atom. The average Bonchev–Trinajstić information content (AvgIpc) is 3.11. The number of aromatic carboxylic acids is 1. The van der Waals surface area contributed by atoms with Crippen molar-refractivity contribution in [2.75, 3.05) is 0 Å². The van der Waals surface area contributed by atoms with E-state index >= 15 is 0 Å². The Morgan fingerprint density at radius 2 is 2.19 bits per heavy atom. The molecule has 0 aliphatic heterocycles. The van der Waals surface area contributed by atoms with Crippen LogP contribution < -0.4 is 0 Å². The molecule has 16 heavy (non-hydrogen) atoms. The topological polar surface area (TPSA) is 63.1 Å². The second kappa shape index (κ2) is 3.27. The van der Waals surface area contributed by atoms with Crippen molar-refractivity contribution >= 4 is 17.0 Å². The van der Waals surface area contributed by atoms with Gasteiger partial charge in [-0.25, -0.2) is 9.78 Å². The summed E-state index contributed by atoms with van der Waals surface area (Å²) in [5, 5.41) is 9.13. The molecule has 0 unspecified atom stereocenters. The summed E-state index contributed by atoms with van der Waals surface area (Å²) in [4.78, 5) is 19.7. The van der Waals surface area contributed by atoms with Crippen molar-refractivity contribution in [1.29, 1.82) is 0 Å². The van der Waals surface area contributed by atoms with Gasteiger partial charge in [0.15, 0.2) is 0 Å². The van der Waals surface area contributed by atoms with Crippen LogP contribution in [0, 0.1) is 0 Å². The third-order valence-corrected chi connectivity index (χ3v) is 2.81. The van der Waals surface area contributed by atoms with E-state index in [9.17, 15) is 4.79 Å². The highest BCUT2D eigenvalue weighted by molar-refractivity contribution is 5.93. The van der Waals surface area contributed by atoms with Crippen molar-refractivity contribution in [2.45, 2.75) is 18.8 Å². The first-order valence-corrected chi connectivity index (χ1v) is 5.24. The quantitative estimate of drug-likeness (QED) is 0.832. The summed E-state index contributed by atoms with van der Waals surface area (Å²) in [6.07, 6.45) is 3.73. The van der Waals surface area contributed by atoms with E-state index in [1.165, 1.54) is 0 Å². The van der Waals surface area contributed by atoms with Crippen LogP contribution in [0.15, 0.2) is 24.4 Å². The van der Waals surface area contributed by atoms with Gasteiger partial charge in [-0.2, -0.15) is 0 Å². The highest BCUT2D eigenvalue weighted by Crippen LogP contribution is 2.41. The Labute approximate surface area is 92.0 Å². The van der Waals surface area contributed by atoms with Crippen molar-refractivity contribution in [3.63, 3.8) is 0 Å². The van der Waals surface area contributed by atoms with Crippen LogP contribution in [0.4, 0.5) is 0 Å². The number of rotatable bonds is 2. The van der Waals surface area contributed by atoms with Crippen molar-refractivity contribution in [3.05, 3.63) is 35.7 Å². The van der Waals surface area contributed by atoms with E-state index in [-0.39, 0.29) is 0 Å². The lowest BCUT2D eigenvalue weighted by molar-refractivity contribution is 0.0695. The number of nitrogens with zero attached hydrogens (tertiary/aromatic N) is 2. The highest BCUT2D eigenvalue weighted by Gasteiger charge is 2.30. The summed E-state index contributed by atoms with van der Waals surface area (Å²) >= 11 is 0. The lowest BCUT2D eigenvalue weighted by Gasteiger charge is -2.05. The molecule has 1 saturated carbocycles. The zero-order valence-electron chi connectivity index (χ0n) is 8.55. The van der Waals surface area contributed by atoms with Gasteiger partial charge in [-0.05, 0) is 31.0 Å². The third-order valence-electron chi connectivity index (χ3n) is 2.81. The molecule has 0 spiro atoms. The molecular weight excluding hydrogens is 204 g/mol. The Bertz CT molecular complexity index is 576. The predicted octanol–water partition coefficient (Wildman–Crippen LogP) is 2.21. The number of carbonyl (C=O) groups is 1. The summed E-state index contributed by atoms with van der Waals surface area (Å²) in [7, 11) is 0. The highest BCUT2D eigenvalue weighted by atomic mass is 16.4. The molecule has 2 aromatic heterocycles. The van der Waals surface area contributed by atoms with Gasteiger partial charge in [0.2, 0.25) is 0 Å². The van der Waals surface area contributed by atoms with Gasteiger partial charge in [0.05, 0.1) is 22.3 Å².